The lowest BCUT2D eigenvalue weighted by atomic mass is 9.94. The van der Waals surface area contributed by atoms with E-state index in [4.69, 9.17) is 9.47 Å². The quantitative estimate of drug-likeness (QED) is 0.365. The van der Waals surface area contributed by atoms with E-state index in [0.29, 0.717) is 43.2 Å². The second-order valence-corrected chi connectivity index (χ2v) is 10.3. The van der Waals surface area contributed by atoms with Gasteiger partial charge in [0.05, 0.1) is 13.5 Å². The fourth-order valence-electron chi connectivity index (χ4n) is 4.93. The predicted molar refractivity (Wildman–Crippen MR) is 153 cm³/mol. The van der Waals surface area contributed by atoms with Crippen LogP contribution in [-0.2, 0) is 17.8 Å². The Hall–Kier alpha value is -3.84. The maximum Gasteiger partial charge on any atom is 0.254 e. The molecule has 206 valence electrons. The molecule has 0 aliphatic carbocycles. The largest absolute Gasteiger partial charge is 0.493 e. The van der Waals surface area contributed by atoms with Crippen LogP contribution in [0.15, 0.2) is 78.9 Å². The number of nitrogens with one attached hydrogen (secondary N) is 2. The summed E-state index contributed by atoms with van der Waals surface area (Å²) in [6.07, 6.45) is 0.369. The number of amides is 2. The Morgan fingerprint density at radius 2 is 1.59 bits per heavy atom. The highest BCUT2D eigenvalue weighted by molar-refractivity contribution is 5.95. The molecule has 39 heavy (non-hydrogen) atoms. The third-order valence-corrected chi connectivity index (χ3v) is 7.21. The van der Waals surface area contributed by atoms with Crippen molar-refractivity contribution in [3.05, 3.63) is 95.6 Å². The average Bonchev–Trinajstić information content (AvgIpc) is 3.41. The lowest BCUT2D eigenvalue weighted by molar-refractivity contribution is -0.120. The highest BCUT2D eigenvalue weighted by atomic mass is 16.5. The number of hydrogen-bond acceptors (Lipinski definition) is 5. The summed E-state index contributed by atoms with van der Waals surface area (Å²) >= 11 is 0. The Balaban J connectivity index is 1.39. The summed E-state index contributed by atoms with van der Waals surface area (Å²) in [5.41, 5.74) is 2.60. The smallest absolute Gasteiger partial charge is 0.254 e. The van der Waals surface area contributed by atoms with Gasteiger partial charge in [-0.25, -0.2) is 0 Å². The Morgan fingerprint density at radius 1 is 0.923 bits per heavy atom. The molecule has 0 bridgehead atoms. The number of rotatable bonds is 12. The van der Waals surface area contributed by atoms with E-state index >= 15 is 0 Å². The maximum absolute atomic E-state index is 13.7. The monoisotopic (exact) mass is 529 g/mol. The molecule has 1 aliphatic heterocycles. The number of methoxy groups -OCH3 is 1. The highest BCUT2D eigenvalue weighted by Crippen LogP contribution is 2.30. The summed E-state index contributed by atoms with van der Waals surface area (Å²) in [6, 6.07) is 25.0. The summed E-state index contributed by atoms with van der Waals surface area (Å²) in [6.45, 7) is 7.27. The van der Waals surface area contributed by atoms with Crippen molar-refractivity contribution in [2.24, 2.45) is 11.8 Å². The molecule has 0 saturated carbocycles. The molecule has 4 rings (SSSR count). The molecule has 1 heterocycles. The standard InChI is InChI=1S/C32H39N3O4/c1-23(2)35(21-28-19-33-18-27(28)20-34-31(36)16-24-10-6-4-7-11-24)32(37)26-14-15-29(38-3)30(17-26)39-22-25-12-8-5-9-13-25/h4-15,17,23,27-28,33H,16,18-22H2,1-3H3,(H,34,36)/t27-,28-/m0/s1. The fourth-order valence-corrected chi connectivity index (χ4v) is 4.93. The lowest BCUT2D eigenvalue weighted by Gasteiger charge is -2.32. The van der Waals surface area contributed by atoms with Crippen molar-refractivity contribution >= 4 is 11.8 Å². The molecule has 3 aromatic carbocycles. The first-order chi connectivity index (χ1) is 18.9. The van der Waals surface area contributed by atoms with Gasteiger partial charge in [0.25, 0.3) is 5.91 Å². The molecule has 2 N–H and O–H groups in total. The van der Waals surface area contributed by atoms with Gasteiger partial charge in [-0.2, -0.15) is 0 Å². The number of benzene rings is 3. The van der Waals surface area contributed by atoms with Crippen molar-refractivity contribution in [2.75, 3.05) is 33.3 Å². The van der Waals surface area contributed by atoms with E-state index in [0.717, 1.165) is 24.2 Å². The Morgan fingerprint density at radius 3 is 2.26 bits per heavy atom. The van der Waals surface area contributed by atoms with Crippen LogP contribution in [0.25, 0.3) is 0 Å². The first kappa shape index (κ1) is 28.2. The molecule has 1 saturated heterocycles. The number of nitrogens with zero attached hydrogens (tertiary/aromatic N) is 1. The van der Waals surface area contributed by atoms with Crippen molar-refractivity contribution in [2.45, 2.75) is 32.9 Å². The second kappa shape index (κ2) is 13.8. The predicted octanol–water partition coefficient (Wildman–Crippen LogP) is 4.32. The van der Waals surface area contributed by atoms with Gasteiger partial charge in [-0.05, 0) is 55.0 Å². The fraction of sp³-hybridized carbons (Fsp3) is 0.375. The van der Waals surface area contributed by atoms with Crippen molar-refractivity contribution < 1.29 is 19.1 Å². The zero-order valence-corrected chi connectivity index (χ0v) is 23.1. The van der Waals surface area contributed by atoms with Crippen molar-refractivity contribution in [3.8, 4) is 11.5 Å². The zero-order valence-electron chi connectivity index (χ0n) is 23.1. The highest BCUT2D eigenvalue weighted by Gasteiger charge is 2.32. The normalized spacial score (nSPS) is 16.6. The molecular formula is C32H39N3O4. The lowest BCUT2D eigenvalue weighted by Crippen LogP contribution is -2.43. The van der Waals surface area contributed by atoms with E-state index < -0.39 is 0 Å². The van der Waals surface area contributed by atoms with Crippen LogP contribution >= 0.6 is 0 Å². The van der Waals surface area contributed by atoms with Gasteiger partial charge in [0.1, 0.15) is 6.61 Å². The topological polar surface area (TPSA) is 79.9 Å². The van der Waals surface area contributed by atoms with Gasteiger partial charge in [-0.1, -0.05) is 60.7 Å². The molecule has 0 radical (unpaired) electrons. The van der Waals surface area contributed by atoms with Gasteiger partial charge >= 0.3 is 0 Å². The van der Waals surface area contributed by atoms with Crippen LogP contribution in [0, 0.1) is 11.8 Å². The molecule has 7 heteroatoms. The van der Waals surface area contributed by atoms with E-state index in [1.165, 1.54) is 0 Å². The molecule has 2 atom stereocenters. The van der Waals surface area contributed by atoms with Gasteiger partial charge in [0.2, 0.25) is 5.91 Å². The zero-order chi connectivity index (χ0) is 27.6. The van der Waals surface area contributed by atoms with E-state index in [9.17, 15) is 9.59 Å². The minimum Gasteiger partial charge on any atom is -0.493 e. The first-order valence-corrected chi connectivity index (χ1v) is 13.6. The number of ether oxygens (including phenoxy) is 2. The minimum atomic E-state index is -0.0454. The molecule has 0 spiro atoms. The minimum absolute atomic E-state index is 0.0159. The Labute approximate surface area is 231 Å². The molecule has 2 amide bonds. The maximum atomic E-state index is 13.7. The van der Waals surface area contributed by atoms with Crippen LogP contribution in [0.1, 0.15) is 35.3 Å². The van der Waals surface area contributed by atoms with Crippen LogP contribution in [0.2, 0.25) is 0 Å². The van der Waals surface area contributed by atoms with Gasteiger partial charge in [0, 0.05) is 37.8 Å². The van der Waals surface area contributed by atoms with Crippen LogP contribution in [0.4, 0.5) is 0 Å². The molecular weight excluding hydrogens is 490 g/mol. The van der Waals surface area contributed by atoms with Crippen LogP contribution < -0.4 is 20.1 Å². The summed E-state index contributed by atoms with van der Waals surface area (Å²) < 4.78 is 11.5. The molecule has 3 aromatic rings. The van der Waals surface area contributed by atoms with Gasteiger partial charge in [-0.3, -0.25) is 9.59 Å². The van der Waals surface area contributed by atoms with E-state index in [-0.39, 0.29) is 29.7 Å². The summed E-state index contributed by atoms with van der Waals surface area (Å²) in [5, 5.41) is 6.55. The molecule has 7 nitrogen and oxygen atoms in total. The van der Waals surface area contributed by atoms with E-state index in [2.05, 4.69) is 10.6 Å². The third-order valence-electron chi connectivity index (χ3n) is 7.21. The second-order valence-electron chi connectivity index (χ2n) is 10.3. The molecule has 0 aromatic heterocycles. The first-order valence-electron chi connectivity index (χ1n) is 13.6. The molecule has 1 fully saturated rings. The van der Waals surface area contributed by atoms with Gasteiger partial charge < -0.3 is 25.0 Å². The van der Waals surface area contributed by atoms with Crippen LogP contribution in [0.5, 0.6) is 11.5 Å². The van der Waals surface area contributed by atoms with E-state index in [1.807, 2.05) is 79.4 Å². The summed E-state index contributed by atoms with van der Waals surface area (Å²) in [5.74, 6) is 1.59. The Kier molecular flexibility index (Phi) is 9.97. The van der Waals surface area contributed by atoms with E-state index in [1.54, 1.807) is 25.3 Å². The van der Waals surface area contributed by atoms with Crippen LogP contribution in [-0.4, -0.2) is 56.0 Å². The summed E-state index contributed by atoms with van der Waals surface area (Å²) in [7, 11) is 1.60. The van der Waals surface area contributed by atoms with Gasteiger partial charge in [-0.15, -0.1) is 0 Å². The van der Waals surface area contributed by atoms with Crippen molar-refractivity contribution in [1.82, 2.24) is 15.5 Å². The number of carbonyl (C=O) groups is 2. The van der Waals surface area contributed by atoms with Crippen molar-refractivity contribution in [1.29, 1.82) is 0 Å². The number of hydrogen-bond donors (Lipinski definition) is 2. The Bertz CT molecular complexity index is 1220. The van der Waals surface area contributed by atoms with Crippen LogP contribution in [0.3, 0.4) is 0 Å². The molecule has 0 unspecified atom stereocenters. The average molecular weight is 530 g/mol. The SMILES string of the molecule is COc1ccc(C(=O)N(C[C@@H]2CNC[C@H]2CNC(=O)Cc2ccccc2)C(C)C)cc1OCc1ccccc1. The van der Waals surface area contributed by atoms with Gasteiger partial charge in [0.15, 0.2) is 11.5 Å². The summed E-state index contributed by atoms with van der Waals surface area (Å²) in [4.78, 5) is 28.1. The number of carbonyl (C=O) groups excluding carboxylic acids is 2. The van der Waals surface area contributed by atoms with Crippen molar-refractivity contribution in [3.63, 3.8) is 0 Å². The third kappa shape index (κ3) is 7.83. The molecule has 1 aliphatic rings.